The van der Waals surface area contributed by atoms with Crippen LogP contribution in [-0.4, -0.2) is 24.8 Å². The minimum absolute atomic E-state index is 0.234. The molecule has 5 aromatic rings. The third-order valence-electron chi connectivity index (χ3n) is 5.49. The summed E-state index contributed by atoms with van der Waals surface area (Å²) in [5.74, 6) is -0.387. The highest BCUT2D eigenvalue weighted by Gasteiger charge is 2.18. The molecule has 164 valence electrons. The zero-order valence-electron chi connectivity index (χ0n) is 17.7. The Kier molecular flexibility index (Phi) is 5.62. The van der Waals surface area contributed by atoms with Gasteiger partial charge in [-0.05, 0) is 36.8 Å². The molecule has 0 aliphatic rings. The van der Waals surface area contributed by atoms with Crippen molar-refractivity contribution in [2.24, 2.45) is 0 Å². The Balaban J connectivity index is 1.50. The van der Waals surface area contributed by atoms with Crippen molar-refractivity contribution in [2.45, 2.75) is 13.5 Å². The number of carbonyl (C=O) groups is 1. The third-order valence-corrected chi connectivity index (χ3v) is 6.12. The van der Waals surface area contributed by atoms with Gasteiger partial charge in [0, 0.05) is 6.20 Å². The van der Waals surface area contributed by atoms with Gasteiger partial charge in [-0.1, -0.05) is 59.6 Å². The smallest absolute Gasteiger partial charge is 0.258 e. The topological polar surface area (TPSA) is 64.2 Å². The number of aromatic nitrogens is 4. The minimum atomic E-state index is -0.387. The van der Waals surface area contributed by atoms with Crippen LogP contribution in [0.5, 0.6) is 0 Å². The number of benzene rings is 2. The molecule has 5 rings (SSSR count). The number of aryl methyl sites for hydroxylation is 1. The van der Waals surface area contributed by atoms with E-state index in [2.05, 4.69) is 27.0 Å². The van der Waals surface area contributed by atoms with Crippen molar-refractivity contribution >= 4 is 40.4 Å². The molecule has 2 aromatic carbocycles. The summed E-state index contributed by atoms with van der Waals surface area (Å²) in [4.78, 5) is 22.0. The largest absolute Gasteiger partial charge is 0.325 e. The average molecular weight is 476 g/mol. The van der Waals surface area contributed by atoms with Gasteiger partial charge in [0.1, 0.15) is 0 Å². The fourth-order valence-corrected chi connectivity index (χ4v) is 4.44. The number of pyridine rings is 1. The number of rotatable bonds is 5. The van der Waals surface area contributed by atoms with Crippen molar-refractivity contribution in [3.8, 4) is 11.3 Å². The molecule has 0 aliphatic heterocycles. The normalized spacial score (nSPS) is 11.1. The lowest BCUT2D eigenvalue weighted by molar-refractivity contribution is 0.102. The summed E-state index contributed by atoms with van der Waals surface area (Å²) in [5.41, 5.74) is 5.41. The van der Waals surface area contributed by atoms with Crippen LogP contribution in [0.15, 0.2) is 79.4 Å². The van der Waals surface area contributed by atoms with Crippen molar-refractivity contribution in [1.82, 2.24) is 18.9 Å². The summed E-state index contributed by atoms with van der Waals surface area (Å²) in [7, 11) is 0. The second kappa shape index (κ2) is 8.73. The van der Waals surface area contributed by atoms with E-state index >= 15 is 0 Å². The Morgan fingerprint density at radius 2 is 1.76 bits per heavy atom. The maximum absolute atomic E-state index is 12.9. The summed E-state index contributed by atoms with van der Waals surface area (Å²) in [6.07, 6.45) is 5.60. The van der Waals surface area contributed by atoms with Gasteiger partial charge in [0.05, 0.1) is 57.4 Å². The molecule has 0 saturated heterocycles. The van der Waals surface area contributed by atoms with Gasteiger partial charge in [-0.15, -0.1) is 0 Å². The molecule has 1 amide bonds. The molecule has 0 saturated carbocycles. The van der Waals surface area contributed by atoms with Crippen molar-refractivity contribution in [3.63, 3.8) is 0 Å². The van der Waals surface area contributed by atoms with Gasteiger partial charge in [-0.3, -0.25) is 4.79 Å². The third kappa shape index (κ3) is 3.99. The quantitative estimate of drug-likeness (QED) is 0.333. The van der Waals surface area contributed by atoms with Gasteiger partial charge in [0.15, 0.2) is 5.65 Å². The Morgan fingerprint density at radius 3 is 2.52 bits per heavy atom. The van der Waals surface area contributed by atoms with Crippen LogP contribution in [0.3, 0.4) is 0 Å². The molecule has 0 spiro atoms. The van der Waals surface area contributed by atoms with Gasteiger partial charge in [-0.25, -0.2) is 9.97 Å². The van der Waals surface area contributed by atoms with Gasteiger partial charge in [-0.2, -0.15) is 0 Å². The average Bonchev–Trinajstić information content (AvgIpc) is 3.40. The Labute approximate surface area is 200 Å². The maximum Gasteiger partial charge on any atom is 0.258 e. The van der Waals surface area contributed by atoms with E-state index in [1.165, 1.54) is 0 Å². The van der Waals surface area contributed by atoms with Crippen molar-refractivity contribution in [1.29, 1.82) is 0 Å². The molecule has 3 aromatic heterocycles. The van der Waals surface area contributed by atoms with Crippen LogP contribution >= 0.6 is 23.2 Å². The molecule has 0 radical (unpaired) electrons. The summed E-state index contributed by atoms with van der Waals surface area (Å²) in [6.45, 7) is 2.53. The second-order valence-electron chi connectivity index (χ2n) is 7.58. The Hall–Kier alpha value is -3.61. The van der Waals surface area contributed by atoms with E-state index in [-0.39, 0.29) is 11.5 Å². The highest BCUT2D eigenvalue weighted by molar-refractivity contribution is 6.40. The van der Waals surface area contributed by atoms with Crippen molar-refractivity contribution in [2.75, 3.05) is 5.32 Å². The van der Waals surface area contributed by atoms with E-state index < -0.39 is 0 Å². The van der Waals surface area contributed by atoms with Crippen LogP contribution < -0.4 is 5.32 Å². The zero-order valence-corrected chi connectivity index (χ0v) is 19.2. The molecule has 0 fully saturated rings. The number of halogens is 2. The molecule has 33 heavy (non-hydrogen) atoms. The molecule has 0 bridgehead atoms. The first-order chi connectivity index (χ1) is 16.0. The predicted octanol–water partition coefficient (Wildman–Crippen LogP) is 6.11. The molecule has 8 heteroatoms. The first-order valence-electron chi connectivity index (χ1n) is 10.3. The number of nitrogens with one attached hydrogen (secondary N) is 1. The van der Waals surface area contributed by atoms with Crippen molar-refractivity contribution < 1.29 is 4.79 Å². The van der Waals surface area contributed by atoms with Crippen LogP contribution in [0.25, 0.3) is 16.9 Å². The lowest BCUT2D eigenvalue weighted by Gasteiger charge is -2.11. The summed E-state index contributed by atoms with van der Waals surface area (Å²) in [6, 6.07) is 18.8. The van der Waals surface area contributed by atoms with Crippen LogP contribution in [0.2, 0.25) is 10.0 Å². The number of nitrogens with zero attached hydrogens (tertiary/aromatic N) is 4. The zero-order chi connectivity index (χ0) is 22.9. The first-order valence-corrected chi connectivity index (χ1v) is 11.1. The van der Waals surface area contributed by atoms with E-state index in [0.29, 0.717) is 27.9 Å². The fraction of sp³-hybridized carbons (Fsp3) is 0.0800. The number of fused-ring (bicyclic) bond motifs is 1. The molecular weight excluding hydrogens is 457 g/mol. The number of anilines is 1. The molecule has 1 N–H and O–H groups in total. The summed E-state index contributed by atoms with van der Waals surface area (Å²) >= 11 is 12.4. The highest BCUT2D eigenvalue weighted by atomic mass is 35.5. The van der Waals surface area contributed by atoms with Crippen LogP contribution in [0.1, 0.15) is 21.7 Å². The van der Waals surface area contributed by atoms with Gasteiger partial charge in [0.25, 0.3) is 5.91 Å². The molecule has 0 atom stereocenters. The summed E-state index contributed by atoms with van der Waals surface area (Å²) in [5, 5.41) is 3.49. The van der Waals surface area contributed by atoms with Gasteiger partial charge < -0.3 is 14.3 Å². The Morgan fingerprint density at radius 1 is 1.00 bits per heavy atom. The SMILES string of the molecule is Cc1nc2c(NC(=O)c3c(Cl)cccc3Cl)cccn2c1Cn1cncc1-c1ccccc1. The second-order valence-corrected chi connectivity index (χ2v) is 8.40. The molecule has 0 unspecified atom stereocenters. The highest BCUT2D eigenvalue weighted by Crippen LogP contribution is 2.27. The van der Waals surface area contributed by atoms with Gasteiger partial charge >= 0.3 is 0 Å². The Bertz CT molecular complexity index is 1450. The number of amides is 1. The maximum atomic E-state index is 12.9. The van der Waals surface area contributed by atoms with E-state index in [1.807, 2.05) is 54.3 Å². The molecule has 0 aliphatic carbocycles. The van der Waals surface area contributed by atoms with E-state index in [1.54, 1.807) is 24.3 Å². The number of hydrogen-bond donors (Lipinski definition) is 1. The predicted molar refractivity (Wildman–Crippen MR) is 131 cm³/mol. The van der Waals surface area contributed by atoms with Gasteiger partial charge in [0.2, 0.25) is 0 Å². The monoisotopic (exact) mass is 475 g/mol. The molecule has 6 nitrogen and oxygen atoms in total. The van der Waals surface area contributed by atoms with Crippen LogP contribution in [0, 0.1) is 6.92 Å². The van der Waals surface area contributed by atoms with E-state index in [9.17, 15) is 4.79 Å². The lowest BCUT2D eigenvalue weighted by Crippen LogP contribution is -2.14. The summed E-state index contributed by atoms with van der Waals surface area (Å²) < 4.78 is 4.06. The number of hydrogen-bond acceptors (Lipinski definition) is 3. The lowest BCUT2D eigenvalue weighted by atomic mass is 10.1. The number of imidazole rings is 2. The first kappa shape index (κ1) is 21.2. The van der Waals surface area contributed by atoms with E-state index in [0.717, 1.165) is 22.6 Å². The standard InChI is InChI=1S/C25H19Cl2N5O/c1-16-22(14-31-15-28-13-21(31)17-7-3-2-4-8-17)32-12-6-11-20(24(32)29-16)30-25(33)23-18(26)9-5-10-19(23)27/h2-13,15H,14H2,1H3,(H,30,33). The molecule has 3 heterocycles. The van der Waals surface area contributed by atoms with Crippen LogP contribution in [-0.2, 0) is 6.54 Å². The number of carbonyl (C=O) groups excluding carboxylic acids is 1. The van der Waals surface area contributed by atoms with E-state index in [4.69, 9.17) is 28.2 Å². The van der Waals surface area contributed by atoms with Crippen molar-refractivity contribution in [3.05, 3.63) is 106 Å². The molecular formula is C25H19Cl2N5O. The fourth-order valence-electron chi connectivity index (χ4n) is 3.87. The minimum Gasteiger partial charge on any atom is -0.325 e. The van der Waals surface area contributed by atoms with Crippen LogP contribution in [0.4, 0.5) is 5.69 Å².